The Morgan fingerprint density at radius 1 is 1.36 bits per heavy atom. The molecule has 0 aromatic carbocycles. The summed E-state index contributed by atoms with van der Waals surface area (Å²) in [6, 6.07) is -0.0322. The van der Waals surface area contributed by atoms with Crippen LogP contribution in [0.25, 0.3) is 0 Å². The largest absolute Gasteiger partial charge is 0.354 e. The Morgan fingerprint density at radius 2 is 2.16 bits per heavy atom. The van der Waals surface area contributed by atoms with E-state index in [0.717, 1.165) is 38.9 Å². The van der Waals surface area contributed by atoms with Crippen LogP contribution in [-0.4, -0.2) is 46.3 Å². The van der Waals surface area contributed by atoms with Gasteiger partial charge in [0, 0.05) is 19.8 Å². The first-order chi connectivity index (χ1) is 12.1. The summed E-state index contributed by atoms with van der Waals surface area (Å²) in [4.78, 5) is 14.8. The van der Waals surface area contributed by atoms with E-state index in [9.17, 15) is 4.79 Å². The molecular weight excluding hydrogens is 312 g/mol. The number of piperidine rings is 1. The van der Waals surface area contributed by atoms with Crippen LogP contribution < -0.4 is 5.32 Å². The van der Waals surface area contributed by atoms with Crippen molar-refractivity contribution < 1.29 is 4.79 Å². The Labute approximate surface area is 151 Å². The molecule has 1 fully saturated rings. The van der Waals surface area contributed by atoms with Gasteiger partial charge < -0.3 is 5.32 Å². The van der Waals surface area contributed by atoms with Crippen LogP contribution in [0.5, 0.6) is 0 Å². The van der Waals surface area contributed by atoms with Crippen LogP contribution in [0.15, 0.2) is 24.0 Å². The van der Waals surface area contributed by atoms with Gasteiger partial charge in [0.2, 0.25) is 5.91 Å². The van der Waals surface area contributed by atoms with Crippen LogP contribution >= 0.6 is 0 Å². The number of hydrogen-bond donors (Lipinski definition) is 1. The highest BCUT2D eigenvalue weighted by molar-refractivity contribution is 5.81. The number of aryl methyl sites for hydroxylation is 1. The molecule has 25 heavy (non-hydrogen) atoms. The Hall–Kier alpha value is -1.62. The summed E-state index contributed by atoms with van der Waals surface area (Å²) in [5, 5.41) is 7.42. The molecule has 2 heterocycles. The number of rotatable bonds is 6. The van der Waals surface area contributed by atoms with Crippen molar-refractivity contribution in [3.05, 3.63) is 29.6 Å². The number of carbonyl (C=O) groups excluding carboxylic acids is 1. The van der Waals surface area contributed by atoms with Crippen molar-refractivity contribution in [2.75, 3.05) is 19.6 Å². The zero-order valence-corrected chi connectivity index (χ0v) is 15.7. The van der Waals surface area contributed by atoms with E-state index in [-0.39, 0.29) is 11.9 Å². The molecule has 1 N–H and O–H groups in total. The molecule has 5 nitrogen and oxygen atoms in total. The maximum atomic E-state index is 12.5. The molecule has 5 heteroatoms. The van der Waals surface area contributed by atoms with Gasteiger partial charge in [0.05, 0.1) is 12.2 Å². The summed E-state index contributed by atoms with van der Waals surface area (Å²) in [6.07, 6.45) is 14.8. The smallest absolute Gasteiger partial charge is 0.237 e. The molecule has 0 spiro atoms. The maximum absolute atomic E-state index is 12.5. The molecule has 0 bridgehead atoms. The van der Waals surface area contributed by atoms with Gasteiger partial charge in [-0.3, -0.25) is 14.4 Å². The van der Waals surface area contributed by atoms with E-state index in [1.807, 2.05) is 24.9 Å². The molecule has 2 aliphatic rings. The maximum Gasteiger partial charge on any atom is 0.237 e. The zero-order chi connectivity index (χ0) is 17.6. The van der Waals surface area contributed by atoms with E-state index in [2.05, 4.69) is 27.6 Å². The summed E-state index contributed by atoms with van der Waals surface area (Å²) in [7, 11) is 1.97. The average Bonchev–Trinajstić information content (AvgIpc) is 3.08. The standard InChI is InChI=1S/C20H32N4O/c1-16(20(25)21-11-8-17-6-4-3-5-7-17)24-12-9-18(10-13-24)19-14-22-23(2)15-19/h6,14-16,18H,3-5,7-13H2,1-2H3,(H,21,25)/t16-/m1/s1. The molecule has 1 aliphatic heterocycles. The molecule has 1 aromatic rings. The van der Waals surface area contributed by atoms with Crippen molar-refractivity contribution >= 4 is 5.91 Å². The molecule has 0 unspecified atom stereocenters. The molecule has 0 saturated carbocycles. The van der Waals surface area contributed by atoms with E-state index in [4.69, 9.17) is 0 Å². The lowest BCUT2D eigenvalue weighted by atomic mass is 9.91. The normalized spacial score (nSPS) is 21.0. The number of carbonyl (C=O) groups is 1. The van der Waals surface area contributed by atoms with Gasteiger partial charge in [-0.1, -0.05) is 11.6 Å². The fourth-order valence-corrected chi connectivity index (χ4v) is 4.06. The van der Waals surface area contributed by atoms with Gasteiger partial charge in [0.25, 0.3) is 0 Å². The van der Waals surface area contributed by atoms with Crippen molar-refractivity contribution in [1.29, 1.82) is 0 Å². The fourth-order valence-electron chi connectivity index (χ4n) is 4.06. The predicted molar refractivity (Wildman–Crippen MR) is 100 cm³/mol. The second-order valence-corrected chi connectivity index (χ2v) is 7.58. The summed E-state index contributed by atoms with van der Waals surface area (Å²) < 4.78 is 1.87. The Kier molecular flexibility index (Phi) is 6.29. The lowest BCUT2D eigenvalue weighted by Gasteiger charge is -2.35. The van der Waals surface area contributed by atoms with E-state index in [1.165, 1.54) is 36.8 Å². The molecule has 3 rings (SSSR count). The number of nitrogens with one attached hydrogen (secondary N) is 1. The summed E-state index contributed by atoms with van der Waals surface area (Å²) >= 11 is 0. The van der Waals surface area contributed by atoms with Crippen molar-refractivity contribution in [3.8, 4) is 0 Å². The number of nitrogens with zero attached hydrogens (tertiary/aromatic N) is 3. The predicted octanol–water partition coefficient (Wildman–Crippen LogP) is 2.99. The molecule has 0 radical (unpaired) electrons. The minimum atomic E-state index is -0.0322. The van der Waals surface area contributed by atoms with Gasteiger partial charge in [0.1, 0.15) is 0 Å². The van der Waals surface area contributed by atoms with Gasteiger partial charge in [-0.2, -0.15) is 5.10 Å². The summed E-state index contributed by atoms with van der Waals surface area (Å²) in [5.74, 6) is 0.759. The molecule has 1 aromatic heterocycles. The van der Waals surface area contributed by atoms with E-state index < -0.39 is 0 Å². The molecule has 1 atom stereocenters. The number of amides is 1. The first-order valence-electron chi connectivity index (χ1n) is 9.81. The molecule has 1 amide bonds. The molecule has 1 aliphatic carbocycles. The molecule has 138 valence electrons. The summed E-state index contributed by atoms with van der Waals surface area (Å²) in [5.41, 5.74) is 2.86. The molecule has 1 saturated heterocycles. The van der Waals surface area contributed by atoms with Crippen molar-refractivity contribution in [2.45, 2.75) is 63.8 Å². The SMILES string of the molecule is C[C@H](C(=O)NCCC1=CCCCC1)N1CCC(c2cnn(C)c2)CC1. The van der Waals surface area contributed by atoms with Crippen molar-refractivity contribution in [1.82, 2.24) is 20.0 Å². The first kappa shape index (κ1) is 18.2. The fraction of sp³-hybridized carbons (Fsp3) is 0.700. The number of aromatic nitrogens is 2. The third-order valence-electron chi connectivity index (χ3n) is 5.78. The lowest BCUT2D eigenvalue weighted by Crippen LogP contribution is -2.48. The quantitative estimate of drug-likeness (QED) is 0.807. The second-order valence-electron chi connectivity index (χ2n) is 7.58. The monoisotopic (exact) mass is 344 g/mol. The Bertz CT molecular complexity index is 599. The highest BCUT2D eigenvalue weighted by Gasteiger charge is 2.27. The van der Waals surface area contributed by atoms with Crippen LogP contribution in [0, 0.1) is 0 Å². The van der Waals surface area contributed by atoms with Crippen molar-refractivity contribution in [2.24, 2.45) is 7.05 Å². The zero-order valence-electron chi connectivity index (χ0n) is 15.7. The minimum absolute atomic E-state index is 0.0322. The molecular formula is C20H32N4O. The first-order valence-corrected chi connectivity index (χ1v) is 9.81. The summed E-state index contributed by atoms with van der Waals surface area (Å²) in [6.45, 7) is 4.79. The van der Waals surface area contributed by atoms with E-state index in [1.54, 1.807) is 0 Å². The van der Waals surface area contributed by atoms with Gasteiger partial charge in [0.15, 0.2) is 0 Å². The average molecular weight is 345 g/mol. The van der Waals surface area contributed by atoms with Crippen LogP contribution in [0.3, 0.4) is 0 Å². The van der Waals surface area contributed by atoms with Crippen molar-refractivity contribution in [3.63, 3.8) is 0 Å². The van der Waals surface area contributed by atoms with Gasteiger partial charge in [-0.25, -0.2) is 0 Å². The second kappa shape index (κ2) is 8.65. The third-order valence-corrected chi connectivity index (χ3v) is 5.78. The number of likely N-dealkylation sites (tertiary alicyclic amines) is 1. The van der Waals surface area contributed by atoms with Gasteiger partial charge in [-0.15, -0.1) is 0 Å². The minimum Gasteiger partial charge on any atom is -0.354 e. The Balaban J connectivity index is 1.40. The lowest BCUT2D eigenvalue weighted by molar-refractivity contribution is -0.126. The van der Waals surface area contributed by atoms with Gasteiger partial charge >= 0.3 is 0 Å². The van der Waals surface area contributed by atoms with Crippen LogP contribution in [0.1, 0.15) is 63.4 Å². The highest BCUT2D eigenvalue weighted by Crippen LogP contribution is 2.28. The van der Waals surface area contributed by atoms with Gasteiger partial charge in [-0.05, 0) is 76.4 Å². The Morgan fingerprint density at radius 3 is 2.80 bits per heavy atom. The third kappa shape index (κ3) is 4.94. The number of allylic oxidation sites excluding steroid dienone is 1. The van der Waals surface area contributed by atoms with E-state index in [0.29, 0.717) is 5.92 Å². The van der Waals surface area contributed by atoms with E-state index >= 15 is 0 Å². The van der Waals surface area contributed by atoms with Crippen LogP contribution in [-0.2, 0) is 11.8 Å². The van der Waals surface area contributed by atoms with Crippen LogP contribution in [0.4, 0.5) is 0 Å². The highest BCUT2D eigenvalue weighted by atomic mass is 16.2. The topological polar surface area (TPSA) is 50.2 Å². The number of hydrogen-bond acceptors (Lipinski definition) is 3. The van der Waals surface area contributed by atoms with Crippen LogP contribution in [0.2, 0.25) is 0 Å².